The second-order valence-corrected chi connectivity index (χ2v) is 7.13. The number of aliphatic carboxylic acids is 1. The number of carboxylic acid groups (broad SMARTS) is 1. The van der Waals surface area contributed by atoms with Gasteiger partial charge >= 0.3 is 12.1 Å². The van der Waals surface area contributed by atoms with Crippen LogP contribution in [0.25, 0.3) is 10.2 Å². The normalized spacial score (nSPS) is 13.6. The Bertz CT molecular complexity index is 1160. The molecule has 1 unspecified atom stereocenters. The fourth-order valence-corrected chi connectivity index (χ4v) is 3.94. The van der Waals surface area contributed by atoms with Crippen LogP contribution in [0.15, 0.2) is 47.5 Å². The number of carbonyl (C=O) groups is 2. The highest BCUT2D eigenvalue weighted by Gasteiger charge is 2.31. The number of thiazole rings is 1. The highest BCUT2D eigenvalue weighted by molar-refractivity contribution is 7.16. The lowest BCUT2D eigenvalue weighted by atomic mass is 10.1. The molecule has 1 atom stereocenters. The van der Waals surface area contributed by atoms with Gasteiger partial charge in [0.2, 0.25) is 0 Å². The molecule has 0 saturated carbocycles. The summed E-state index contributed by atoms with van der Waals surface area (Å²) in [5.41, 5.74) is -0.929. The maximum Gasteiger partial charge on any atom is 0.416 e. The van der Waals surface area contributed by atoms with Gasteiger partial charge in [0.25, 0.3) is 5.91 Å². The first-order valence-corrected chi connectivity index (χ1v) is 9.23. The van der Waals surface area contributed by atoms with Gasteiger partial charge < -0.3 is 9.67 Å². The maximum atomic E-state index is 13.6. The number of hydrogen-bond donors (Lipinski definition) is 1. The van der Waals surface area contributed by atoms with Crippen LogP contribution in [0.1, 0.15) is 35.3 Å². The Balaban J connectivity index is 2.19. The number of rotatable bonds is 4. The molecule has 0 spiro atoms. The van der Waals surface area contributed by atoms with Crippen molar-refractivity contribution in [3.8, 4) is 0 Å². The first-order valence-electron chi connectivity index (χ1n) is 8.41. The third-order valence-electron chi connectivity index (χ3n) is 4.21. The van der Waals surface area contributed by atoms with Crippen molar-refractivity contribution < 1.29 is 32.3 Å². The summed E-state index contributed by atoms with van der Waals surface area (Å²) in [5.74, 6) is -2.69. The van der Waals surface area contributed by atoms with E-state index in [0.717, 1.165) is 29.5 Å². The standard InChI is InChI=1S/C19H14F4N2O3S/c1-2-13(17(27)28)25-14-7-6-12(20)9-15(14)29-18(25)24-16(26)10-4-3-5-11(8-10)19(21,22)23/h3-9,13H,2H2,1H3,(H,27,28)/b24-18-. The number of alkyl halides is 3. The van der Waals surface area contributed by atoms with Crippen LogP contribution >= 0.6 is 11.3 Å². The van der Waals surface area contributed by atoms with E-state index < -0.39 is 35.5 Å². The minimum atomic E-state index is -4.62. The van der Waals surface area contributed by atoms with E-state index in [9.17, 15) is 32.3 Å². The summed E-state index contributed by atoms with van der Waals surface area (Å²) in [6.45, 7) is 1.62. The smallest absolute Gasteiger partial charge is 0.416 e. The molecule has 1 amide bonds. The number of amides is 1. The number of carboxylic acids is 1. The summed E-state index contributed by atoms with van der Waals surface area (Å²) >= 11 is 0.882. The predicted molar refractivity (Wildman–Crippen MR) is 98.1 cm³/mol. The van der Waals surface area contributed by atoms with Crippen molar-refractivity contribution in [1.29, 1.82) is 0 Å². The number of nitrogens with zero attached hydrogens (tertiary/aromatic N) is 2. The van der Waals surface area contributed by atoms with E-state index in [1.54, 1.807) is 6.92 Å². The molecule has 0 bridgehead atoms. The van der Waals surface area contributed by atoms with Crippen LogP contribution in [0.2, 0.25) is 0 Å². The number of carbonyl (C=O) groups excluding carboxylic acids is 1. The summed E-state index contributed by atoms with van der Waals surface area (Å²) in [6.07, 6.45) is -4.47. The summed E-state index contributed by atoms with van der Waals surface area (Å²) < 4.78 is 53.9. The molecule has 5 nitrogen and oxygen atoms in total. The highest BCUT2D eigenvalue weighted by Crippen LogP contribution is 2.30. The monoisotopic (exact) mass is 426 g/mol. The van der Waals surface area contributed by atoms with Crippen molar-refractivity contribution in [1.82, 2.24) is 4.57 Å². The summed E-state index contributed by atoms with van der Waals surface area (Å²) in [4.78, 5) is 28.0. The lowest BCUT2D eigenvalue weighted by Gasteiger charge is -2.13. The van der Waals surface area contributed by atoms with Crippen LogP contribution in [-0.4, -0.2) is 21.6 Å². The van der Waals surface area contributed by atoms with Gasteiger partial charge in [0.15, 0.2) is 4.80 Å². The number of benzene rings is 2. The van der Waals surface area contributed by atoms with Crippen LogP contribution in [-0.2, 0) is 11.0 Å². The van der Waals surface area contributed by atoms with Gasteiger partial charge in [-0.2, -0.15) is 18.2 Å². The molecule has 1 aromatic heterocycles. The van der Waals surface area contributed by atoms with Crippen LogP contribution in [0.4, 0.5) is 17.6 Å². The van der Waals surface area contributed by atoms with Crippen molar-refractivity contribution >= 4 is 33.4 Å². The van der Waals surface area contributed by atoms with E-state index in [1.807, 2.05) is 0 Å². The van der Waals surface area contributed by atoms with Crippen molar-refractivity contribution in [2.75, 3.05) is 0 Å². The average molecular weight is 426 g/mol. The second-order valence-electron chi connectivity index (χ2n) is 6.12. The van der Waals surface area contributed by atoms with Crippen LogP contribution in [0, 0.1) is 5.82 Å². The Kier molecular flexibility index (Phi) is 5.56. The Morgan fingerprint density at radius 1 is 1.21 bits per heavy atom. The van der Waals surface area contributed by atoms with Gasteiger partial charge in [-0.05, 0) is 42.8 Å². The van der Waals surface area contributed by atoms with Gasteiger partial charge in [0.05, 0.1) is 15.8 Å². The quantitative estimate of drug-likeness (QED) is 0.618. The SMILES string of the molecule is CCC(C(=O)O)n1/c(=N/C(=O)c2cccc(C(F)(F)F)c2)sc2cc(F)ccc21. The lowest BCUT2D eigenvalue weighted by molar-refractivity contribution is -0.141. The molecule has 152 valence electrons. The van der Waals surface area contributed by atoms with Gasteiger partial charge in [-0.1, -0.05) is 24.3 Å². The van der Waals surface area contributed by atoms with E-state index in [4.69, 9.17) is 0 Å². The molecule has 0 aliphatic carbocycles. The van der Waals surface area contributed by atoms with Crippen LogP contribution in [0.3, 0.4) is 0 Å². The van der Waals surface area contributed by atoms with E-state index >= 15 is 0 Å². The van der Waals surface area contributed by atoms with E-state index in [1.165, 1.54) is 22.8 Å². The molecule has 2 aromatic carbocycles. The zero-order chi connectivity index (χ0) is 21.3. The molecular weight excluding hydrogens is 412 g/mol. The molecule has 3 rings (SSSR count). The molecule has 0 aliphatic heterocycles. The van der Waals surface area contributed by atoms with Crippen molar-refractivity contribution in [2.45, 2.75) is 25.6 Å². The molecule has 0 aliphatic rings. The van der Waals surface area contributed by atoms with Crippen molar-refractivity contribution in [3.05, 3.63) is 64.2 Å². The Morgan fingerprint density at radius 2 is 1.93 bits per heavy atom. The fourth-order valence-electron chi connectivity index (χ4n) is 2.84. The van der Waals surface area contributed by atoms with Crippen LogP contribution < -0.4 is 4.80 Å². The van der Waals surface area contributed by atoms with E-state index in [0.29, 0.717) is 16.3 Å². The largest absolute Gasteiger partial charge is 0.480 e. The average Bonchev–Trinajstić information content (AvgIpc) is 2.98. The molecule has 29 heavy (non-hydrogen) atoms. The molecule has 0 fully saturated rings. The van der Waals surface area contributed by atoms with E-state index in [2.05, 4.69) is 4.99 Å². The Labute approximate surface area is 165 Å². The third-order valence-corrected chi connectivity index (χ3v) is 5.22. The summed E-state index contributed by atoms with van der Waals surface area (Å²) in [6, 6.07) is 6.41. The summed E-state index contributed by atoms with van der Waals surface area (Å²) in [5, 5.41) is 9.52. The maximum absolute atomic E-state index is 13.6. The minimum Gasteiger partial charge on any atom is -0.480 e. The number of hydrogen-bond acceptors (Lipinski definition) is 3. The summed E-state index contributed by atoms with van der Waals surface area (Å²) in [7, 11) is 0. The first kappa shape index (κ1) is 20.7. The molecular formula is C19H14F4N2O3S. The minimum absolute atomic E-state index is 0.0396. The van der Waals surface area contributed by atoms with E-state index in [-0.39, 0.29) is 16.8 Å². The van der Waals surface area contributed by atoms with Crippen molar-refractivity contribution in [3.63, 3.8) is 0 Å². The van der Waals surface area contributed by atoms with Gasteiger partial charge in [0, 0.05) is 5.56 Å². The number of fused-ring (bicyclic) bond motifs is 1. The van der Waals surface area contributed by atoms with Crippen molar-refractivity contribution in [2.24, 2.45) is 4.99 Å². The number of aromatic nitrogens is 1. The molecule has 0 radical (unpaired) electrons. The van der Waals surface area contributed by atoms with Gasteiger partial charge in [-0.15, -0.1) is 0 Å². The van der Waals surface area contributed by atoms with Crippen LogP contribution in [0.5, 0.6) is 0 Å². The molecule has 0 saturated heterocycles. The molecule has 1 N–H and O–H groups in total. The molecule has 1 heterocycles. The number of halogens is 4. The van der Waals surface area contributed by atoms with Gasteiger partial charge in [0.1, 0.15) is 11.9 Å². The predicted octanol–water partition coefficient (Wildman–Crippen LogP) is 4.64. The molecule has 3 aromatic rings. The highest BCUT2D eigenvalue weighted by atomic mass is 32.1. The second kappa shape index (κ2) is 7.78. The third kappa shape index (κ3) is 4.21. The Morgan fingerprint density at radius 3 is 2.55 bits per heavy atom. The topological polar surface area (TPSA) is 71.7 Å². The zero-order valence-electron chi connectivity index (χ0n) is 14.9. The lowest BCUT2D eigenvalue weighted by Crippen LogP contribution is -2.27. The zero-order valence-corrected chi connectivity index (χ0v) is 15.7. The Hall–Kier alpha value is -3.01. The molecule has 10 heteroatoms. The van der Waals surface area contributed by atoms with Gasteiger partial charge in [-0.25, -0.2) is 9.18 Å². The first-order chi connectivity index (χ1) is 13.6. The fraction of sp³-hybridized carbons (Fsp3) is 0.211. The van der Waals surface area contributed by atoms with Gasteiger partial charge in [-0.3, -0.25) is 4.79 Å².